The second-order valence-electron chi connectivity index (χ2n) is 4.69. The van der Waals surface area contributed by atoms with Gasteiger partial charge in [0, 0.05) is 15.5 Å². The molecule has 2 heterocycles. The number of nitrogens with zero attached hydrogens (tertiary/aromatic N) is 4. The van der Waals surface area contributed by atoms with Gasteiger partial charge in [-0.1, -0.05) is 23.7 Å². The Morgan fingerprint density at radius 1 is 1.00 bits per heavy atom. The lowest BCUT2D eigenvalue weighted by atomic mass is 10.2. The number of nitrogens with two attached hydrogens (primary N) is 1. The van der Waals surface area contributed by atoms with E-state index in [0.717, 1.165) is 16.1 Å². The number of aromatic nitrogens is 3. The number of rotatable bonds is 1. The quantitative estimate of drug-likeness (QED) is 0.742. The second-order valence-corrected chi connectivity index (χ2v) is 6.13. The van der Waals surface area contributed by atoms with Gasteiger partial charge >= 0.3 is 0 Å². The van der Waals surface area contributed by atoms with E-state index >= 15 is 0 Å². The van der Waals surface area contributed by atoms with Crippen LogP contribution < -0.4 is 5.73 Å². The van der Waals surface area contributed by atoms with Gasteiger partial charge in [-0.25, -0.2) is 9.56 Å². The number of para-hydroxylation sites is 1. The van der Waals surface area contributed by atoms with Gasteiger partial charge in [-0.2, -0.15) is 0 Å². The molecule has 0 atom stereocenters. The molecule has 5 nitrogen and oxygen atoms in total. The van der Waals surface area contributed by atoms with Crippen molar-refractivity contribution in [2.75, 3.05) is 0 Å². The first-order valence-electron chi connectivity index (χ1n) is 6.55. The van der Waals surface area contributed by atoms with Crippen LogP contribution in [0.25, 0.3) is 11.4 Å². The van der Waals surface area contributed by atoms with Gasteiger partial charge in [-0.05, 0) is 48.2 Å². The molecular formula is C15H10ClN5S. The lowest BCUT2D eigenvalue weighted by Gasteiger charge is -2.06. The summed E-state index contributed by atoms with van der Waals surface area (Å²) in [5.74, 6) is 0.996. The molecule has 0 bridgehead atoms. The molecule has 3 aromatic rings. The molecule has 0 saturated heterocycles. The van der Waals surface area contributed by atoms with Crippen LogP contribution in [-0.2, 0) is 0 Å². The van der Waals surface area contributed by atoms with Crippen LogP contribution >= 0.6 is 23.4 Å². The maximum Gasteiger partial charge on any atom is 0.208 e. The smallest absolute Gasteiger partial charge is 0.208 e. The van der Waals surface area contributed by atoms with Gasteiger partial charge in [-0.15, -0.1) is 10.2 Å². The Bertz CT molecular complexity index is 885. The molecule has 4 rings (SSSR count). The molecule has 0 unspecified atom stereocenters. The molecule has 1 aliphatic heterocycles. The maximum absolute atomic E-state index is 6.17. The van der Waals surface area contributed by atoms with Crippen LogP contribution in [0, 0.1) is 0 Å². The van der Waals surface area contributed by atoms with Gasteiger partial charge in [0.05, 0.1) is 5.69 Å². The first kappa shape index (κ1) is 13.4. The molecule has 2 N–H and O–H groups in total. The molecule has 0 saturated carbocycles. The number of fused-ring (bicyclic) bond motifs is 2. The summed E-state index contributed by atoms with van der Waals surface area (Å²) in [7, 11) is 0. The summed E-state index contributed by atoms with van der Waals surface area (Å²) in [6.45, 7) is 0. The molecule has 108 valence electrons. The number of benzene rings is 2. The first-order chi connectivity index (χ1) is 10.7. The topological polar surface area (TPSA) is 69.1 Å². The van der Waals surface area contributed by atoms with E-state index in [1.54, 1.807) is 4.57 Å². The van der Waals surface area contributed by atoms with E-state index in [9.17, 15) is 0 Å². The zero-order chi connectivity index (χ0) is 15.1. The molecule has 0 fully saturated rings. The van der Waals surface area contributed by atoms with Crippen molar-refractivity contribution in [3.8, 4) is 11.4 Å². The van der Waals surface area contributed by atoms with Gasteiger partial charge in [0.2, 0.25) is 11.1 Å². The van der Waals surface area contributed by atoms with Crippen molar-refractivity contribution < 1.29 is 0 Å². The van der Waals surface area contributed by atoms with Gasteiger partial charge < -0.3 is 5.73 Å². The van der Waals surface area contributed by atoms with E-state index in [-0.39, 0.29) is 0 Å². The van der Waals surface area contributed by atoms with Gasteiger partial charge in [0.25, 0.3) is 0 Å². The van der Waals surface area contributed by atoms with E-state index in [2.05, 4.69) is 15.2 Å². The standard InChI is InChI=1S/C15H10ClN5S/c16-10-7-5-9(6-8-10)13-19-20-15-21(13)14(17)18-11-3-1-2-4-12(11)22-15/h1-8H,(H2,17,18). The molecule has 1 aromatic heterocycles. The summed E-state index contributed by atoms with van der Waals surface area (Å²) in [5, 5.41) is 9.86. The third kappa shape index (κ3) is 2.17. The summed E-state index contributed by atoms with van der Waals surface area (Å²) >= 11 is 7.43. The Morgan fingerprint density at radius 3 is 2.59 bits per heavy atom. The highest BCUT2D eigenvalue weighted by Crippen LogP contribution is 2.37. The van der Waals surface area contributed by atoms with Crippen molar-refractivity contribution in [2.24, 2.45) is 10.7 Å². The molecular weight excluding hydrogens is 318 g/mol. The normalized spacial score (nSPS) is 13.0. The summed E-state index contributed by atoms with van der Waals surface area (Å²) in [5.41, 5.74) is 7.88. The highest BCUT2D eigenvalue weighted by molar-refractivity contribution is 7.99. The lowest BCUT2D eigenvalue weighted by Crippen LogP contribution is -2.23. The SMILES string of the molecule is NC1=Nc2ccccc2Sc2nnc(-c3ccc(Cl)cc3)n21. The van der Waals surface area contributed by atoms with Crippen molar-refractivity contribution in [3.63, 3.8) is 0 Å². The van der Waals surface area contributed by atoms with Crippen LogP contribution in [0.15, 0.2) is 63.6 Å². The number of halogens is 1. The first-order valence-corrected chi connectivity index (χ1v) is 7.74. The van der Waals surface area contributed by atoms with Crippen LogP contribution in [0.4, 0.5) is 5.69 Å². The maximum atomic E-state index is 6.17. The number of hydrogen-bond acceptors (Lipinski definition) is 5. The van der Waals surface area contributed by atoms with Crippen LogP contribution in [0.3, 0.4) is 0 Å². The zero-order valence-corrected chi connectivity index (χ0v) is 12.8. The van der Waals surface area contributed by atoms with Crippen LogP contribution in [0.2, 0.25) is 5.02 Å². The molecule has 7 heteroatoms. The molecule has 22 heavy (non-hydrogen) atoms. The summed E-state index contributed by atoms with van der Waals surface area (Å²) in [6.07, 6.45) is 0. The minimum absolute atomic E-state index is 0.349. The highest BCUT2D eigenvalue weighted by atomic mass is 35.5. The average molecular weight is 328 g/mol. The Kier molecular flexibility index (Phi) is 3.13. The largest absolute Gasteiger partial charge is 0.369 e. The van der Waals surface area contributed by atoms with E-state index in [0.29, 0.717) is 22.0 Å². The van der Waals surface area contributed by atoms with Crippen LogP contribution in [0.5, 0.6) is 0 Å². The van der Waals surface area contributed by atoms with E-state index in [1.807, 2.05) is 48.5 Å². The number of hydrogen-bond donors (Lipinski definition) is 1. The van der Waals surface area contributed by atoms with E-state index in [1.165, 1.54) is 11.8 Å². The van der Waals surface area contributed by atoms with Crippen LogP contribution in [0.1, 0.15) is 0 Å². The Hall–Kier alpha value is -2.31. The molecule has 2 aromatic carbocycles. The lowest BCUT2D eigenvalue weighted by molar-refractivity contribution is 0.917. The Balaban J connectivity index is 1.89. The predicted octanol–water partition coefficient (Wildman–Crippen LogP) is 3.56. The van der Waals surface area contributed by atoms with Gasteiger partial charge in [0.1, 0.15) is 0 Å². The third-order valence-electron chi connectivity index (χ3n) is 3.27. The fourth-order valence-electron chi connectivity index (χ4n) is 2.24. The fourth-order valence-corrected chi connectivity index (χ4v) is 3.28. The molecule has 0 aliphatic carbocycles. The van der Waals surface area contributed by atoms with Crippen LogP contribution in [-0.4, -0.2) is 20.7 Å². The van der Waals surface area contributed by atoms with Gasteiger partial charge in [0.15, 0.2) is 5.82 Å². The minimum atomic E-state index is 0.349. The average Bonchev–Trinajstić information content (AvgIpc) is 2.87. The zero-order valence-electron chi connectivity index (χ0n) is 11.3. The van der Waals surface area contributed by atoms with Gasteiger partial charge in [-0.3, -0.25) is 0 Å². The van der Waals surface area contributed by atoms with E-state index in [4.69, 9.17) is 17.3 Å². The third-order valence-corrected chi connectivity index (χ3v) is 4.53. The predicted molar refractivity (Wildman–Crippen MR) is 87.7 cm³/mol. The number of aliphatic imine (C=N–C) groups is 1. The van der Waals surface area contributed by atoms with Crippen molar-refractivity contribution in [1.82, 2.24) is 14.8 Å². The molecule has 0 radical (unpaired) electrons. The molecule has 1 aliphatic rings. The summed E-state index contributed by atoms with van der Waals surface area (Å²) < 4.78 is 1.76. The van der Waals surface area contributed by atoms with E-state index < -0.39 is 0 Å². The van der Waals surface area contributed by atoms with Crippen molar-refractivity contribution in [3.05, 3.63) is 53.6 Å². The summed E-state index contributed by atoms with van der Waals surface area (Å²) in [6, 6.07) is 15.2. The monoisotopic (exact) mass is 327 g/mol. The minimum Gasteiger partial charge on any atom is -0.369 e. The molecule has 0 spiro atoms. The Morgan fingerprint density at radius 2 is 1.77 bits per heavy atom. The second kappa shape index (κ2) is 5.15. The summed E-state index contributed by atoms with van der Waals surface area (Å²) in [4.78, 5) is 5.49. The molecule has 0 amide bonds. The van der Waals surface area contributed by atoms with Crippen molar-refractivity contribution in [1.29, 1.82) is 0 Å². The van der Waals surface area contributed by atoms with Crippen molar-refractivity contribution >= 4 is 35.0 Å². The van der Waals surface area contributed by atoms with Crippen molar-refractivity contribution in [2.45, 2.75) is 10.1 Å². The fraction of sp³-hybridized carbons (Fsp3) is 0. The highest BCUT2D eigenvalue weighted by Gasteiger charge is 2.21. The Labute approximate surface area is 135 Å².